The topological polar surface area (TPSA) is 69.2 Å². The molecule has 0 heterocycles. The summed E-state index contributed by atoms with van der Waals surface area (Å²) >= 11 is 2.13. The van der Waals surface area contributed by atoms with Gasteiger partial charge in [-0.2, -0.15) is 5.10 Å². The largest absolute Gasteiger partial charge is 0.496 e. The first-order chi connectivity index (χ1) is 14.6. The number of carbonyl (C=O) groups is 1. The first-order valence-corrected chi connectivity index (χ1v) is 9.99. The lowest BCUT2D eigenvalue weighted by Crippen LogP contribution is -2.18. The minimum absolute atomic E-state index is 0.142. The van der Waals surface area contributed by atoms with E-state index in [4.69, 9.17) is 20.6 Å². The van der Waals surface area contributed by atoms with E-state index in [1.165, 1.54) is 13.3 Å². The molecule has 0 saturated carbocycles. The number of nitrogens with zero attached hydrogens (tertiary/aromatic N) is 1. The Balaban J connectivity index is 1.80. The highest BCUT2D eigenvalue weighted by Crippen LogP contribution is 2.33. The van der Waals surface area contributed by atoms with Crippen LogP contribution in [0.1, 0.15) is 15.9 Å². The lowest BCUT2D eigenvalue weighted by Gasteiger charge is -2.12. The fourth-order valence-electron chi connectivity index (χ4n) is 2.86. The number of rotatable bonds is 7. The van der Waals surface area contributed by atoms with Gasteiger partial charge in [-0.1, -0.05) is 30.2 Å². The number of hydrazone groups is 1. The number of benzene rings is 3. The van der Waals surface area contributed by atoms with Crippen LogP contribution >= 0.6 is 22.6 Å². The average Bonchev–Trinajstić information content (AvgIpc) is 2.76. The van der Waals surface area contributed by atoms with E-state index in [1.807, 2.05) is 36.4 Å². The summed E-state index contributed by atoms with van der Waals surface area (Å²) in [5, 5.41) is 6.00. The molecule has 3 rings (SSSR count). The Morgan fingerprint density at radius 1 is 1.13 bits per heavy atom. The Bertz CT molecular complexity index is 1150. The molecule has 0 bridgehead atoms. The second kappa shape index (κ2) is 9.98. The highest BCUT2D eigenvalue weighted by Gasteiger charge is 2.14. The molecule has 0 aliphatic heterocycles. The van der Waals surface area contributed by atoms with Crippen molar-refractivity contribution < 1.29 is 19.0 Å². The molecule has 0 aliphatic rings. The van der Waals surface area contributed by atoms with Crippen molar-refractivity contribution in [2.75, 3.05) is 20.8 Å². The van der Waals surface area contributed by atoms with Crippen molar-refractivity contribution in [3.8, 4) is 29.6 Å². The third-order valence-electron chi connectivity index (χ3n) is 4.24. The summed E-state index contributed by atoms with van der Waals surface area (Å²) in [4.78, 5) is 12.7. The van der Waals surface area contributed by atoms with Crippen LogP contribution in [-0.2, 0) is 0 Å². The molecule has 3 aromatic rings. The van der Waals surface area contributed by atoms with Gasteiger partial charge in [-0.3, -0.25) is 4.79 Å². The summed E-state index contributed by atoms with van der Waals surface area (Å²) in [6, 6.07) is 15.0. The summed E-state index contributed by atoms with van der Waals surface area (Å²) in [5.41, 5.74) is 3.68. The third kappa shape index (κ3) is 4.83. The Morgan fingerprint density at radius 3 is 2.50 bits per heavy atom. The quantitative estimate of drug-likeness (QED) is 0.222. The van der Waals surface area contributed by atoms with E-state index in [2.05, 4.69) is 39.0 Å². The number of hydrogen-bond donors (Lipinski definition) is 1. The van der Waals surface area contributed by atoms with Crippen molar-refractivity contribution in [3.05, 3.63) is 63.2 Å². The van der Waals surface area contributed by atoms with E-state index in [0.29, 0.717) is 22.8 Å². The van der Waals surface area contributed by atoms with E-state index >= 15 is 0 Å². The standard InChI is InChI=1S/C23H19IN2O4/c1-4-9-30-22-19(24)10-15(11-21(22)29-3)14-25-26-23(27)18-12-16-7-5-6-8-17(16)13-20(18)28-2/h1,5-8,10-14H,9H2,2-3H3,(H,26,27)/b25-14-. The monoisotopic (exact) mass is 514 g/mol. The number of nitrogens with one attached hydrogen (secondary N) is 1. The van der Waals surface area contributed by atoms with Crippen molar-refractivity contribution >= 4 is 45.5 Å². The number of terminal acetylenes is 1. The SMILES string of the molecule is C#CCOc1c(I)cc(/C=N\NC(=O)c2cc3ccccc3cc2OC)cc1OC. The normalized spacial score (nSPS) is 10.6. The van der Waals surface area contributed by atoms with Gasteiger partial charge in [0, 0.05) is 0 Å². The number of halogens is 1. The molecule has 0 aromatic heterocycles. The van der Waals surface area contributed by atoms with E-state index in [9.17, 15) is 4.79 Å². The van der Waals surface area contributed by atoms with Crippen molar-refractivity contribution in [1.29, 1.82) is 0 Å². The van der Waals surface area contributed by atoms with E-state index < -0.39 is 0 Å². The highest BCUT2D eigenvalue weighted by molar-refractivity contribution is 14.1. The maximum atomic E-state index is 12.7. The van der Waals surface area contributed by atoms with Crippen LogP contribution in [0.5, 0.6) is 17.2 Å². The molecule has 0 radical (unpaired) electrons. The van der Waals surface area contributed by atoms with Crippen molar-refractivity contribution in [3.63, 3.8) is 0 Å². The fraction of sp³-hybridized carbons (Fsp3) is 0.130. The van der Waals surface area contributed by atoms with Gasteiger partial charge in [0.15, 0.2) is 11.5 Å². The number of carbonyl (C=O) groups excluding carboxylic acids is 1. The van der Waals surface area contributed by atoms with Gasteiger partial charge in [0.05, 0.1) is 29.6 Å². The molecule has 0 unspecified atom stereocenters. The smallest absolute Gasteiger partial charge is 0.275 e. The second-order valence-corrected chi connectivity index (χ2v) is 7.29. The lowest BCUT2D eigenvalue weighted by molar-refractivity contribution is 0.0952. The summed E-state index contributed by atoms with van der Waals surface area (Å²) in [6.45, 7) is 0.142. The van der Waals surface area contributed by atoms with Gasteiger partial charge in [0.1, 0.15) is 12.4 Å². The van der Waals surface area contributed by atoms with Gasteiger partial charge in [0.25, 0.3) is 5.91 Å². The number of fused-ring (bicyclic) bond motifs is 1. The van der Waals surface area contributed by atoms with Crippen LogP contribution in [0.15, 0.2) is 53.6 Å². The Hall–Kier alpha value is -3.25. The molecule has 0 atom stereocenters. The summed E-state index contributed by atoms with van der Waals surface area (Å²) in [7, 11) is 3.07. The van der Waals surface area contributed by atoms with Gasteiger partial charge in [-0.15, -0.1) is 6.42 Å². The number of methoxy groups -OCH3 is 2. The first-order valence-electron chi connectivity index (χ1n) is 8.91. The number of amides is 1. The van der Waals surface area contributed by atoms with Crippen LogP contribution in [0.4, 0.5) is 0 Å². The van der Waals surface area contributed by atoms with Crippen molar-refractivity contribution in [2.45, 2.75) is 0 Å². The molecule has 0 aliphatic carbocycles. The van der Waals surface area contributed by atoms with Gasteiger partial charge >= 0.3 is 0 Å². The predicted molar refractivity (Wildman–Crippen MR) is 126 cm³/mol. The molecule has 0 fully saturated rings. The van der Waals surface area contributed by atoms with Gasteiger partial charge in [0.2, 0.25) is 0 Å². The molecule has 0 spiro atoms. The van der Waals surface area contributed by atoms with Crippen LogP contribution in [0.25, 0.3) is 10.8 Å². The van der Waals surface area contributed by atoms with E-state index in [-0.39, 0.29) is 12.5 Å². The molecule has 7 heteroatoms. The second-order valence-electron chi connectivity index (χ2n) is 6.13. The van der Waals surface area contributed by atoms with Crippen LogP contribution < -0.4 is 19.6 Å². The zero-order valence-corrected chi connectivity index (χ0v) is 18.6. The average molecular weight is 514 g/mol. The molecule has 1 N–H and O–H groups in total. The Labute approximate surface area is 188 Å². The fourth-order valence-corrected chi connectivity index (χ4v) is 3.64. The van der Waals surface area contributed by atoms with Crippen LogP contribution in [-0.4, -0.2) is 32.9 Å². The molecule has 6 nitrogen and oxygen atoms in total. The van der Waals surface area contributed by atoms with Crippen LogP contribution in [0.3, 0.4) is 0 Å². The molecule has 30 heavy (non-hydrogen) atoms. The summed E-state index contributed by atoms with van der Waals surface area (Å²) in [5.74, 6) is 3.63. The molecular weight excluding hydrogens is 495 g/mol. The molecule has 3 aromatic carbocycles. The lowest BCUT2D eigenvalue weighted by atomic mass is 10.1. The molecule has 152 valence electrons. The highest BCUT2D eigenvalue weighted by atomic mass is 127. The predicted octanol–water partition coefficient (Wildman–Crippen LogP) is 4.24. The zero-order chi connectivity index (χ0) is 21.5. The van der Waals surface area contributed by atoms with Crippen molar-refractivity contribution in [2.24, 2.45) is 5.10 Å². The molecular formula is C23H19IN2O4. The Kier molecular flexibility index (Phi) is 7.14. The number of hydrogen-bond acceptors (Lipinski definition) is 5. The summed E-state index contributed by atoms with van der Waals surface area (Å²) in [6.07, 6.45) is 6.78. The van der Waals surface area contributed by atoms with Crippen LogP contribution in [0.2, 0.25) is 0 Å². The minimum Gasteiger partial charge on any atom is -0.496 e. The van der Waals surface area contributed by atoms with Gasteiger partial charge in [-0.05, 0) is 63.2 Å². The van der Waals surface area contributed by atoms with Crippen LogP contribution in [0, 0.1) is 15.9 Å². The number of ether oxygens (including phenoxy) is 3. The van der Waals surface area contributed by atoms with Crippen molar-refractivity contribution in [1.82, 2.24) is 5.43 Å². The Morgan fingerprint density at radius 2 is 1.83 bits per heavy atom. The minimum atomic E-state index is -0.371. The van der Waals surface area contributed by atoms with Gasteiger partial charge in [-0.25, -0.2) is 5.43 Å². The molecule has 1 amide bonds. The van der Waals surface area contributed by atoms with Gasteiger partial charge < -0.3 is 14.2 Å². The zero-order valence-electron chi connectivity index (χ0n) is 16.4. The van der Waals surface area contributed by atoms with E-state index in [1.54, 1.807) is 19.2 Å². The first kappa shape index (κ1) is 21.5. The maximum Gasteiger partial charge on any atom is 0.275 e. The summed E-state index contributed by atoms with van der Waals surface area (Å²) < 4.78 is 17.1. The van der Waals surface area contributed by atoms with E-state index in [0.717, 1.165) is 19.9 Å². The maximum absolute atomic E-state index is 12.7. The third-order valence-corrected chi connectivity index (χ3v) is 5.05. The molecule has 0 saturated heterocycles.